The van der Waals surface area contributed by atoms with Gasteiger partial charge >= 0.3 is 11.9 Å². The van der Waals surface area contributed by atoms with Gasteiger partial charge in [0.25, 0.3) is 0 Å². The van der Waals surface area contributed by atoms with Crippen molar-refractivity contribution in [2.24, 2.45) is 0 Å². The van der Waals surface area contributed by atoms with Gasteiger partial charge in [-0.05, 0) is 64.5 Å². The van der Waals surface area contributed by atoms with Crippen LogP contribution in [-0.2, 0) is 19.1 Å². The number of nitrogens with zero attached hydrogens (tertiary/aromatic N) is 2. The Bertz CT molecular complexity index is 1040. The number of aliphatic hydroxyl groups is 4. The Kier molecular flexibility index (Phi) is 51.6. The fourth-order valence-corrected chi connectivity index (χ4v) is 9.81. The minimum absolute atomic E-state index is 0.243. The van der Waals surface area contributed by atoms with Crippen LogP contribution in [0.25, 0.3) is 0 Å². The molecule has 0 aliphatic carbocycles. The largest absolute Gasteiger partial charge is 0.451 e. The first kappa shape index (κ1) is 68.7. The fraction of sp³-hybridized carbons (Fsp3) is 0.967. The molecular formula is C60H120N2O8. The first-order valence-electron chi connectivity index (χ1n) is 30.6. The van der Waals surface area contributed by atoms with E-state index in [9.17, 15) is 30.0 Å². The first-order chi connectivity index (χ1) is 34.1. The highest BCUT2D eigenvalue weighted by Crippen LogP contribution is 2.18. The minimum Gasteiger partial charge on any atom is -0.451 e. The van der Waals surface area contributed by atoms with Gasteiger partial charge < -0.3 is 29.9 Å². The standard InChI is InChI=1S/C32H61NO6.C28H59NO2/c1-3-5-7-9-11-13-15-17-21-28(34)25-33(24-20-19-23-30-32(37)38-27-31(36)39-30)26-29(35)22-18-16-14-12-10-8-6-4-2;1-4-7-10-12-14-16-18-20-22-27(30)25-29(24-9-6-3)26-28(31)23-21-19-17-15-13-11-8-5-2/h28-30,34-35H,3-27H2,1-2H3;27-28,30-31H,4-26H2,1-3H3. The maximum Gasteiger partial charge on any atom is 0.348 e. The lowest BCUT2D eigenvalue weighted by atomic mass is 10.0. The van der Waals surface area contributed by atoms with Gasteiger partial charge in [-0.25, -0.2) is 9.59 Å². The zero-order chi connectivity index (χ0) is 51.6. The number of cyclic esters (lactones) is 2. The molecular weight excluding hydrogens is 877 g/mol. The summed E-state index contributed by atoms with van der Waals surface area (Å²) in [5.74, 6) is -0.956. The average molecular weight is 998 g/mol. The van der Waals surface area contributed by atoms with Crippen LogP contribution >= 0.6 is 0 Å². The van der Waals surface area contributed by atoms with Crippen molar-refractivity contribution in [3.8, 4) is 0 Å². The zero-order valence-corrected chi connectivity index (χ0v) is 47.1. The predicted molar refractivity (Wildman–Crippen MR) is 295 cm³/mol. The SMILES string of the molecule is CCCCCCCCCCC(O)CN(CCCC)CC(O)CCCCCCCCCC.CCCCCCCCCCC(O)CN(CCCCC1OC(=O)COC1=O)CC(O)CCCCCCCCCC. The number of carbonyl (C=O) groups excluding carboxylic acids is 2. The van der Waals surface area contributed by atoms with Gasteiger partial charge in [0.15, 0.2) is 12.7 Å². The van der Waals surface area contributed by atoms with E-state index in [1.807, 2.05) is 0 Å². The lowest BCUT2D eigenvalue weighted by Gasteiger charge is -2.28. The molecule has 0 saturated carbocycles. The quantitative estimate of drug-likeness (QED) is 0.0344. The molecule has 5 unspecified atom stereocenters. The fourth-order valence-electron chi connectivity index (χ4n) is 9.81. The van der Waals surface area contributed by atoms with Crippen LogP contribution < -0.4 is 0 Å². The highest BCUT2D eigenvalue weighted by molar-refractivity contribution is 5.85. The number of ether oxygens (including phenoxy) is 2. The minimum atomic E-state index is -0.806. The van der Waals surface area contributed by atoms with Gasteiger partial charge in [0.05, 0.1) is 24.4 Å². The van der Waals surface area contributed by atoms with Crippen LogP contribution in [0.2, 0.25) is 0 Å². The van der Waals surface area contributed by atoms with E-state index in [0.717, 1.165) is 90.4 Å². The van der Waals surface area contributed by atoms with Gasteiger partial charge in [-0.3, -0.25) is 9.80 Å². The molecule has 0 radical (unpaired) electrons. The van der Waals surface area contributed by atoms with Gasteiger partial charge in [0.2, 0.25) is 0 Å². The molecule has 1 saturated heterocycles. The van der Waals surface area contributed by atoms with Crippen LogP contribution in [-0.4, -0.2) is 119 Å². The van der Waals surface area contributed by atoms with Crippen LogP contribution in [0.4, 0.5) is 0 Å². The molecule has 0 amide bonds. The van der Waals surface area contributed by atoms with E-state index >= 15 is 0 Å². The number of hydrogen-bond donors (Lipinski definition) is 4. The van der Waals surface area contributed by atoms with Gasteiger partial charge in [-0.2, -0.15) is 0 Å². The molecule has 0 aromatic heterocycles. The number of carbonyl (C=O) groups is 2. The van der Waals surface area contributed by atoms with E-state index in [1.165, 1.54) is 186 Å². The normalized spacial score (nSPS) is 15.7. The summed E-state index contributed by atoms with van der Waals surface area (Å²) in [5.41, 5.74) is 0. The maximum absolute atomic E-state index is 11.8. The third-order valence-electron chi connectivity index (χ3n) is 14.3. The molecule has 0 spiro atoms. The Hall–Kier alpha value is -1.30. The molecule has 4 N–H and O–H groups in total. The molecule has 0 bridgehead atoms. The van der Waals surface area contributed by atoms with Crippen molar-refractivity contribution in [3.05, 3.63) is 0 Å². The lowest BCUT2D eigenvalue weighted by Crippen LogP contribution is -2.39. The number of esters is 2. The topological polar surface area (TPSA) is 140 Å². The molecule has 1 aliphatic heterocycles. The van der Waals surface area contributed by atoms with Gasteiger partial charge in [-0.15, -0.1) is 0 Å². The van der Waals surface area contributed by atoms with E-state index in [0.29, 0.717) is 25.9 Å². The number of unbranched alkanes of at least 4 members (excludes halogenated alkanes) is 30. The summed E-state index contributed by atoms with van der Waals surface area (Å²) < 4.78 is 9.96. The van der Waals surface area contributed by atoms with Crippen LogP contribution in [0.3, 0.4) is 0 Å². The van der Waals surface area contributed by atoms with E-state index in [1.54, 1.807) is 0 Å². The Labute approximate surface area is 434 Å². The van der Waals surface area contributed by atoms with Crippen molar-refractivity contribution < 1.29 is 39.5 Å². The first-order valence-corrected chi connectivity index (χ1v) is 30.6. The predicted octanol–water partition coefficient (Wildman–Crippen LogP) is 14.6. The van der Waals surface area contributed by atoms with E-state index in [-0.39, 0.29) is 18.8 Å². The van der Waals surface area contributed by atoms with E-state index in [4.69, 9.17) is 9.47 Å². The smallest absolute Gasteiger partial charge is 0.348 e. The van der Waals surface area contributed by atoms with Crippen molar-refractivity contribution in [2.45, 2.75) is 328 Å². The number of aliphatic hydroxyl groups excluding tert-OH is 4. The Morgan fingerprint density at radius 2 is 0.657 bits per heavy atom. The molecule has 10 heteroatoms. The summed E-state index contributed by atoms with van der Waals surface area (Å²) in [7, 11) is 0. The second-order valence-corrected chi connectivity index (χ2v) is 21.6. The molecule has 0 aromatic rings. The van der Waals surface area contributed by atoms with Crippen molar-refractivity contribution in [1.82, 2.24) is 9.80 Å². The molecule has 70 heavy (non-hydrogen) atoms. The van der Waals surface area contributed by atoms with Gasteiger partial charge in [0, 0.05) is 26.2 Å². The third kappa shape index (κ3) is 46.5. The molecule has 0 aromatic carbocycles. The highest BCUT2D eigenvalue weighted by atomic mass is 16.6. The summed E-state index contributed by atoms with van der Waals surface area (Å²) in [4.78, 5) is 27.7. The Morgan fingerprint density at radius 1 is 0.386 bits per heavy atom. The van der Waals surface area contributed by atoms with Crippen LogP contribution in [0.5, 0.6) is 0 Å². The van der Waals surface area contributed by atoms with E-state index in [2.05, 4.69) is 44.4 Å². The summed E-state index contributed by atoms with van der Waals surface area (Å²) >= 11 is 0. The molecule has 1 fully saturated rings. The maximum atomic E-state index is 11.8. The van der Waals surface area contributed by atoms with Crippen molar-refractivity contribution >= 4 is 11.9 Å². The molecule has 10 nitrogen and oxygen atoms in total. The van der Waals surface area contributed by atoms with Crippen molar-refractivity contribution in [1.29, 1.82) is 0 Å². The molecule has 1 aliphatic rings. The second-order valence-electron chi connectivity index (χ2n) is 21.6. The average Bonchev–Trinajstić information content (AvgIpc) is 3.34. The van der Waals surface area contributed by atoms with Crippen molar-refractivity contribution in [2.75, 3.05) is 45.9 Å². The number of rotatable bonds is 52. The molecule has 1 rings (SSSR count). The summed E-state index contributed by atoms with van der Waals surface area (Å²) in [5, 5.41) is 42.5. The Balaban J connectivity index is 0.00000140. The summed E-state index contributed by atoms with van der Waals surface area (Å²) in [6.07, 6.45) is 46.6. The second kappa shape index (κ2) is 52.6. The molecule has 5 atom stereocenters. The van der Waals surface area contributed by atoms with Crippen LogP contribution in [0.15, 0.2) is 0 Å². The zero-order valence-electron chi connectivity index (χ0n) is 47.1. The lowest BCUT2D eigenvalue weighted by molar-refractivity contribution is -0.185. The Morgan fingerprint density at radius 3 is 0.957 bits per heavy atom. The van der Waals surface area contributed by atoms with Gasteiger partial charge in [0.1, 0.15) is 0 Å². The number of hydrogen-bond acceptors (Lipinski definition) is 10. The summed E-state index contributed by atoms with van der Waals surface area (Å²) in [6.45, 7) is 15.2. The van der Waals surface area contributed by atoms with Crippen LogP contribution in [0, 0.1) is 0 Å². The van der Waals surface area contributed by atoms with Crippen molar-refractivity contribution in [3.63, 3.8) is 0 Å². The molecule has 1 heterocycles. The highest BCUT2D eigenvalue weighted by Gasteiger charge is 2.30. The monoisotopic (exact) mass is 997 g/mol. The summed E-state index contributed by atoms with van der Waals surface area (Å²) in [6, 6.07) is 0. The van der Waals surface area contributed by atoms with Crippen LogP contribution in [0.1, 0.15) is 298 Å². The van der Waals surface area contributed by atoms with Gasteiger partial charge in [-0.1, -0.05) is 247 Å². The molecule has 418 valence electrons. The third-order valence-corrected chi connectivity index (χ3v) is 14.3. The van der Waals surface area contributed by atoms with E-state index < -0.39 is 30.3 Å².